The molecule has 0 atom stereocenters. The smallest absolute Gasteiger partial charge is 0.251 e. The van der Waals surface area contributed by atoms with Crippen LogP contribution < -0.4 is 11.1 Å². The number of carbonyl (C=O) groups is 2. The number of pyridine rings is 1. The highest BCUT2D eigenvalue weighted by Gasteiger charge is 2.16. The number of nitrogens with zero attached hydrogens (tertiary/aromatic N) is 1. The first-order valence-corrected chi connectivity index (χ1v) is 7.61. The van der Waals surface area contributed by atoms with Crippen molar-refractivity contribution in [1.82, 2.24) is 4.98 Å². The first kappa shape index (κ1) is 15.9. The molecule has 0 aliphatic heterocycles. The monoisotopic (exact) mass is 315 g/mol. The van der Waals surface area contributed by atoms with Gasteiger partial charge in [-0.2, -0.15) is 0 Å². The van der Waals surface area contributed by atoms with Crippen molar-refractivity contribution in [2.45, 2.75) is 19.8 Å². The Hall–Kier alpha value is -2.47. The van der Waals surface area contributed by atoms with E-state index in [0.717, 1.165) is 10.4 Å². The van der Waals surface area contributed by atoms with Crippen molar-refractivity contribution in [3.05, 3.63) is 52.7 Å². The van der Waals surface area contributed by atoms with E-state index in [-0.39, 0.29) is 11.8 Å². The van der Waals surface area contributed by atoms with Crippen molar-refractivity contribution < 1.29 is 9.59 Å². The molecule has 0 bridgehead atoms. The highest BCUT2D eigenvalue weighted by Crippen LogP contribution is 2.32. The van der Waals surface area contributed by atoms with Crippen LogP contribution in [0.1, 0.15) is 40.6 Å². The summed E-state index contributed by atoms with van der Waals surface area (Å²) in [5.41, 5.74) is 6.58. The number of primary amides is 1. The van der Waals surface area contributed by atoms with Crippen LogP contribution in [0.15, 0.2) is 36.7 Å². The zero-order valence-electron chi connectivity index (χ0n) is 12.4. The molecule has 114 valence electrons. The van der Waals surface area contributed by atoms with Gasteiger partial charge in [-0.05, 0) is 35.8 Å². The third-order valence-electron chi connectivity index (χ3n) is 2.96. The number of thiophene rings is 1. The number of hydrogen-bond acceptors (Lipinski definition) is 4. The fraction of sp³-hybridized carbons (Fsp3) is 0.188. The lowest BCUT2D eigenvalue weighted by Gasteiger charge is -2.01. The summed E-state index contributed by atoms with van der Waals surface area (Å²) >= 11 is 1.37. The first-order chi connectivity index (χ1) is 10.5. The summed E-state index contributed by atoms with van der Waals surface area (Å²) in [6.45, 7) is 4.04. The molecule has 0 aromatic carbocycles. The Morgan fingerprint density at radius 1 is 1.32 bits per heavy atom. The Morgan fingerprint density at radius 2 is 2.00 bits per heavy atom. The molecular weight excluding hydrogens is 298 g/mol. The summed E-state index contributed by atoms with van der Waals surface area (Å²) < 4.78 is 0. The van der Waals surface area contributed by atoms with Crippen molar-refractivity contribution in [1.29, 1.82) is 0 Å². The van der Waals surface area contributed by atoms with E-state index < -0.39 is 5.91 Å². The average molecular weight is 315 g/mol. The molecule has 2 aromatic rings. The number of nitrogens with one attached hydrogen (secondary N) is 1. The molecule has 2 rings (SSSR count). The predicted molar refractivity (Wildman–Crippen MR) is 88.8 cm³/mol. The minimum atomic E-state index is -0.545. The van der Waals surface area contributed by atoms with Crippen LogP contribution in [0, 0.1) is 0 Å². The number of hydrogen-bond donors (Lipinski definition) is 2. The van der Waals surface area contributed by atoms with E-state index in [4.69, 9.17) is 5.73 Å². The standard InChI is InChI=1S/C16H17N3O2S/c1-10(2)13-9-12(15(17)21)16(22-13)19-14(20)4-3-11-5-7-18-8-6-11/h3-10H,1-2H3,(H2,17,21)(H,19,20). The molecule has 3 N–H and O–H groups in total. The lowest BCUT2D eigenvalue weighted by Crippen LogP contribution is -2.14. The molecule has 22 heavy (non-hydrogen) atoms. The molecule has 0 unspecified atom stereocenters. The van der Waals surface area contributed by atoms with Gasteiger partial charge in [-0.15, -0.1) is 11.3 Å². The maximum Gasteiger partial charge on any atom is 0.251 e. The van der Waals surface area contributed by atoms with Gasteiger partial charge >= 0.3 is 0 Å². The number of rotatable bonds is 5. The van der Waals surface area contributed by atoms with Gasteiger partial charge in [0.25, 0.3) is 5.91 Å². The Bertz CT molecular complexity index is 705. The largest absolute Gasteiger partial charge is 0.366 e. The van der Waals surface area contributed by atoms with E-state index in [1.165, 1.54) is 17.4 Å². The van der Waals surface area contributed by atoms with Gasteiger partial charge in [0.05, 0.1) is 5.56 Å². The average Bonchev–Trinajstić information content (AvgIpc) is 2.90. The highest BCUT2D eigenvalue weighted by molar-refractivity contribution is 7.16. The molecule has 0 spiro atoms. The third-order valence-corrected chi connectivity index (χ3v) is 4.31. The fourth-order valence-corrected chi connectivity index (χ4v) is 2.84. The lowest BCUT2D eigenvalue weighted by atomic mass is 10.1. The molecule has 2 aromatic heterocycles. The van der Waals surface area contributed by atoms with Crippen LogP contribution in [-0.2, 0) is 4.79 Å². The Balaban J connectivity index is 2.14. The van der Waals surface area contributed by atoms with Gasteiger partial charge in [-0.3, -0.25) is 14.6 Å². The van der Waals surface area contributed by atoms with Crippen LogP contribution in [0.25, 0.3) is 6.08 Å². The Kier molecular flexibility index (Phi) is 5.06. The SMILES string of the molecule is CC(C)c1cc(C(N)=O)c(NC(=O)C=Cc2ccncc2)s1. The number of carbonyl (C=O) groups excluding carboxylic acids is 2. The van der Waals surface area contributed by atoms with E-state index >= 15 is 0 Å². The minimum Gasteiger partial charge on any atom is -0.366 e. The third kappa shape index (κ3) is 4.02. The quantitative estimate of drug-likeness (QED) is 0.832. The molecule has 2 amide bonds. The van der Waals surface area contributed by atoms with Crippen LogP contribution in [0.5, 0.6) is 0 Å². The van der Waals surface area contributed by atoms with Crippen LogP contribution >= 0.6 is 11.3 Å². The summed E-state index contributed by atoms with van der Waals surface area (Å²) in [6.07, 6.45) is 6.39. The van der Waals surface area contributed by atoms with Gasteiger partial charge in [0, 0.05) is 23.3 Å². The van der Waals surface area contributed by atoms with Crippen LogP contribution in [0.4, 0.5) is 5.00 Å². The molecule has 0 saturated heterocycles. The maximum atomic E-state index is 12.0. The first-order valence-electron chi connectivity index (χ1n) is 6.80. The summed E-state index contributed by atoms with van der Waals surface area (Å²) in [5, 5.41) is 3.20. The van der Waals surface area contributed by atoms with E-state index in [2.05, 4.69) is 10.3 Å². The van der Waals surface area contributed by atoms with Crippen LogP contribution in [0.2, 0.25) is 0 Å². The zero-order valence-corrected chi connectivity index (χ0v) is 13.2. The minimum absolute atomic E-state index is 0.265. The predicted octanol–water partition coefficient (Wildman–Crippen LogP) is 3.02. The van der Waals surface area contributed by atoms with Crippen molar-refractivity contribution in [3.8, 4) is 0 Å². The summed E-state index contributed by atoms with van der Waals surface area (Å²) in [5.74, 6) is -0.589. The van der Waals surface area contributed by atoms with Gasteiger partial charge in [-0.1, -0.05) is 13.8 Å². The number of aromatic nitrogens is 1. The molecular formula is C16H17N3O2S. The number of anilines is 1. The van der Waals surface area contributed by atoms with Gasteiger partial charge < -0.3 is 11.1 Å². The molecule has 6 heteroatoms. The fourth-order valence-electron chi connectivity index (χ4n) is 1.77. The summed E-state index contributed by atoms with van der Waals surface area (Å²) in [7, 11) is 0. The second-order valence-electron chi connectivity index (χ2n) is 5.01. The maximum absolute atomic E-state index is 12.0. The van der Waals surface area contributed by atoms with E-state index in [0.29, 0.717) is 10.6 Å². The van der Waals surface area contributed by atoms with E-state index in [9.17, 15) is 9.59 Å². The summed E-state index contributed by atoms with van der Waals surface area (Å²) in [4.78, 5) is 28.4. The Morgan fingerprint density at radius 3 is 2.59 bits per heavy atom. The molecule has 2 heterocycles. The molecule has 0 fully saturated rings. The van der Waals surface area contributed by atoms with Crippen molar-refractivity contribution in [2.24, 2.45) is 5.73 Å². The van der Waals surface area contributed by atoms with Gasteiger partial charge in [-0.25, -0.2) is 0 Å². The Labute approximate surface area is 132 Å². The normalized spacial score (nSPS) is 11.0. The van der Waals surface area contributed by atoms with Crippen molar-refractivity contribution in [2.75, 3.05) is 5.32 Å². The van der Waals surface area contributed by atoms with Gasteiger partial charge in [0.2, 0.25) is 5.91 Å². The van der Waals surface area contributed by atoms with Gasteiger partial charge in [0.1, 0.15) is 5.00 Å². The molecule has 0 aliphatic rings. The molecule has 0 aliphatic carbocycles. The number of amides is 2. The second kappa shape index (κ2) is 7.00. The lowest BCUT2D eigenvalue weighted by molar-refractivity contribution is -0.111. The zero-order chi connectivity index (χ0) is 16.1. The van der Waals surface area contributed by atoms with E-state index in [1.54, 1.807) is 36.7 Å². The molecule has 5 nitrogen and oxygen atoms in total. The van der Waals surface area contributed by atoms with Crippen molar-refractivity contribution >= 4 is 34.2 Å². The van der Waals surface area contributed by atoms with Gasteiger partial charge in [0.15, 0.2) is 0 Å². The summed E-state index contributed by atoms with van der Waals surface area (Å²) in [6, 6.07) is 5.32. The van der Waals surface area contributed by atoms with Crippen LogP contribution in [0.3, 0.4) is 0 Å². The molecule has 0 radical (unpaired) electrons. The second-order valence-corrected chi connectivity index (χ2v) is 6.10. The highest BCUT2D eigenvalue weighted by atomic mass is 32.1. The van der Waals surface area contributed by atoms with E-state index in [1.807, 2.05) is 13.8 Å². The topological polar surface area (TPSA) is 85.1 Å². The van der Waals surface area contributed by atoms with Crippen molar-refractivity contribution in [3.63, 3.8) is 0 Å². The number of nitrogens with two attached hydrogens (primary N) is 1. The van der Waals surface area contributed by atoms with Crippen LogP contribution in [-0.4, -0.2) is 16.8 Å². The molecule has 0 saturated carbocycles.